The molecule has 1 atom stereocenters. The minimum atomic E-state index is -0.959. The van der Waals surface area contributed by atoms with Crippen molar-refractivity contribution in [2.24, 2.45) is 11.1 Å². The maximum atomic E-state index is 13.2. The van der Waals surface area contributed by atoms with E-state index in [2.05, 4.69) is 4.74 Å². The molecule has 104 valence electrons. The van der Waals surface area contributed by atoms with Gasteiger partial charge in [-0.1, -0.05) is 6.07 Å². The molecule has 6 heteroatoms. The minimum absolute atomic E-state index is 0. The van der Waals surface area contributed by atoms with Gasteiger partial charge in [0.05, 0.1) is 18.1 Å². The van der Waals surface area contributed by atoms with Gasteiger partial charge >= 0.3 is 5.97 Å². The largest absolute Gasteiger partial charge is 0.469 e. The highest BCUT2D eigenvalue weighted by Gasteiger charge is 2.36. The van der Waals surface area contributed by atoms with Crippen LogP contribution >= 0.6 is 12.4 Å². The van der Waals surface area contributed by atoms with Crippen LogP contribution in [0.1, 0.15) is 31.0 Å². The molecule has 0 radical (unpaired) electrons. The molecule has 2 N–H and O–H groups in total. The van der Waals surface area contributed by atoms with Gasteiger partial charge < -0.3 is 10.5 Å². The van der Waals surface area contributed by atoms with Crippen molar-refractivity contribution >= 4 is 18.4 Å². The average Bonchev–Trinajstić information content (AvgIpc) is 2.37. The Hall–Kier alpha value is -1.64. The molecule has 0 aliphatic carbocycles. The van der Waals surface area contributed by atoms with Crippen molar-refractivity contribution in [3.63, 3.8) is 0 Å². The standard InChI is InChI=1S/C13H15FN2O2.ClH/c1-13(2,12(17)18-3)11(16)8-4-5-10(14)9(6-8)7-15;/h4-6,11H,16H2,1-3H3;1H/t11-;/m1./s1. The molecule has 0 fully saturated rings. The first-order valence-electron chi connectivity index (χ1n) is 5.38. The number of halogens is 2. The molecule has 0 aliphatic heterocycles. The maximum Gasteiger partial charge on any atom is 0.313 e. The number of nitrogens with zero attached hydrogens (tertiary/aromatic N) is 1. The van der Waals surface area contributed by atoms with Gasteiger partial charge in [0, 0.05) is 6.04 Å². The first kappa shape index (κ1) is 17.4. The maximum absolute atomic E-state index is 13.2. The molecule has 0 amide bonds. The molecule has 0 saturated carbocycles. The zero-order valence-corrected chi connectivity index (χ0v) is 11.8. The van der Waals surface area contributed by atoms with E-state index in [1.807, 2.05) is 0 Å². The van der Waals surface area contributed by atoms with Gasteiger partial charge in [-0.25, -0.2) is 4.39 Å². The third-order valence-electron chi connectivity index (χ3n) is 2.96. The van der Waals surface area contributed by atoms with Crippen molar-refractivity contribution in [3.05, 3.63) is 35.1 Å². The predicted octanol–water partition coefficient (Wildman–Crippen LogP) is 2.32. The molecule has 0 saturated heterocycles. The van der Waals surface area contributed by atoms with Crippen LogP contribution < -0.4 is 5.73 Å². The summed E-state index contributed by atoms with van der Waals surface area (Å²) in [7, 11) is 1.28. The van der Waals surface area contributed by atoms with Gasteiger partial charge in [0.1, 0.15) is 11.9 Å². The van der Waals surface area contributed by atoms with Gasteiger partial charge in [-0.3, -0.25) is 4.79 Å². The van der Waals surface area contributed by atoms with Gasteiger partial charge in [-0.05, 0) is 31.5 Å². The molecule has 1 rings (SSSR count). The highest BCUT2D eigenvalue weighted by atomic mass is 35.5. The van der Waals surface area contributed by atoms with Crippen molar-refractivity contribution in [3.8, 4) is 6.07 Å². The molecule has 0 heterocycles. The number of methoxy groups -OCH3 is 1. The highest BCUT2D eigenvalue weighted by molar-refractivity contribution is 5.85. The van der Waals surface area contributed by atoms with Crippen molar-refractivity contribution < 1.29 is 13.9 Å². The highest BCUT2D eigenvalue weighted by Crippen LogP contribution is 2.33. The second kappa shape index (κ2) is 6.50. The van der Waals surface area contributed by atoms with Crippen LogP contribution in [0, 0.1) is 22.6 Å². The van der Waals surface area contributed by atoms with Gasteiger partial charge in [-0.2, -0.15) is 5.26 Å². The van der Waals surface area contributed by atoms with Crippen LogP contribution in [0.4, 0.5) is 4.39 Å². The van der Waals surface area contributed by atoms with E-state index in [1.165, 1.54) is 25.3 Å². The number of hydrogen-bond acceptors (Lipinski definition) is 4. The quantitative estimate of drug-likeness (QED) is 0.865. The second-order valence-electron chi connectivity index (χ2n) is 4.54. The molecular formula is C13H16ClFN2O2. The van der Waals surface area contributed by atoms with E-state index < -0.39 is 23.2 Å². The molecule has 4 nitrogen and oxygen atoms in total. The van der Waals surface area contributed by atoms with E-state index in [0.29, 0.717) is 5.56 Å². The molecule has 1 aromatic carbocycles. The molecule has 0 aromatic heterocycles. The zero-order chi connectivity index (χ0) is 13.9. The van der Waals surface area contributed by atoms with Crippen LogP contribution in [0.5, 0.6) is 0 Å². The van der Waals surface area contributed by atoms with Gasteiger partial charge in [0.2, 0.25) is 0 Å². The lowest BCUT2D eigenvalue weighted by Crippen LogP contribution is -2.37. The number of ether oxygens (including phenoxy) is 1. The van der Waals surface area contributed by atoms with Crippen molar-refractivity contribution in [1.29, 1.82) is 5.26 Å². The summed E-state index contributed by atoms with van der Waals surface area (Å²) < 4.78 is 17.9. The topological polar surface area (TPSA) is 76.1 Å². The fourth-order valence-corrected chi connectivity index (χ4v) is 1.63. The molecule has 0 spiro atoms. The van der Waals surface area contributed by atoms with Crippen LogP contribution in [-0.4, -0.2) is 13.1 Å². The molecular weight excluding hydrogens is 271 g/mol. The smallest absolute Gasteiger partial charge is 0.313 e. The summed E-state index contributed by atoms with van der Waals surface area (Å²) in [5.41, 5.74) is 5.45. The van der Waals surface area contributed by atoms with E-state index >= 15 is 0 Å². The van der Waals surface area contributed by atoms with E-state index in [1.54, 1.807) is 19.9 Å². The lowest BCUT2D eigenvalue weighted by Gasteiger charge is -2.29. The number of rotatable bonds is 3. The first-order chi connectivity index (χ1) is 8.34. The van der Waals surface area contributed by atoms with Crippen molar-refractivity contribution in [2.75, 3.05) is 7.11 Å². The SMILES string of the molecule is COC(=O)C(C)(C)[C@H](N)c1ccc(F)c(C#N)c1.Cl. The Balaban J connectivity index is 0.00000324. The van der Waals surface area contributed by atoms with Crippen LogP contribution in [0.3, 0.4) is 0 Å². The molecule has 1 aromatic rings. The Labute approximate surface area is 117 Å². The van der Waals surface area contributed by atoms with Crippen LogP contribution in [-0.2, 0) is 9.53 Å². The van der Waals surface area contributed by atoms with Crippen LogP contribution in [0.15, 0.2) is 18.2 Å². The normalized spacial score (nSPS) is 12.0. The number of esters is 1. The van der Waals surface area contributed by atoms with Crippen molar-refractivity contribution in [2.45, 2.75) is 19.9 Å². The molecule has 0 unspecified atom stereocenters. The van der Waals surface area contributed by atoms with E-state index in [0.717, 1.165) is 0 Å². The third-order valence-corrected chi connectivity index (χ3v) is 2.96. The van der Waals surface area contributed by atoms with E-state index in [9.17, 15) is 9.18 Å². The van der Waals surface area contributed by atoms with Gasteiger partial charge in [-0.15, -0.1) is 12.4 Å². The Kier molecular flexibility index (Phi) is 5.94. The fraction of sp³-hybridized carbons (Fsp3) is 0.385. The van der Waals surface area contributed by atoms with Gasteiger partial charge in [0.15, 0.2) is 0 Å². The predicted molar refractivity (Wildman–Crippen MR) is 71.1 cm³/mol. The molecule has 19 heavy (non-hydrogen) atoms. The van der Waals surface area contributed by atoms with Crippen LogP contribution in [0.2, 0.25) is 0 Å². The Bertz CT molecular complexity index is 512. The lowest BCUT2D eigenvalue weighted by atomic mass is 9.80. The summed E-state index contributed by atoms with van der Waals surface area (Å²) in [6, 6.07) is 5.04. The number of benzene rings is 1. The number of nitriles is 1. The van der Waals surface area contributed by atoms with E-state index in [4.69, 9.17) is 11.0 Å². The monoisotopic (exact) mass is 286 g/mol. The summed E-state index contributed by atoms with van der Waals surface area (Å²) in [4.78, 5) is 11.6. The number of hydrogen-bond donors (Lipinski definition) is 1. The lowest BCUT2D eigenvalue weighted by molar-refractivity contribution is -0.152. The first-order valence-corrected chi connectivity index (χ1v) is 5.38. The number of carbonyl (C=O) groups excluding carboxylic acids is 1. The Morgan fingerprint density at radius 1 is 1.53 bits per heavy atom. The number of nitrogens with two attached hydrogens (primary N) is 1. The van der Waals surface area contributed by atoms with Crippen molar-refractivity contribution in [1.82, 2.24) is 0 Å². The number of carbonyl (C=O) groups is 1. The average molecular weight is 287 g/mol. The Morgan fingerprint density at radius 3 is 2.58 bits per heavy atom. The minimum Gasteiger partial charge on any atom is -0.469 e. The van der Waals surface area contributed by atoms with E-state index in [-0.39, 0.29) is 18.0 Å². The summed E-state index contributed by atoms with van der Waals surface area (Å²) in [6.07, 6.45) is 0. The Morgan fingerprint density at radius 2 is 2.11 bits per heavy atom. The van der Waals surface area contributed by atoms with Gasteiger partial charge in [0.25, 0.3) is 0 Å². The summed E-state index contributed by atoms with van der Waals surface area (Å²) >= 11 is 0. The zero-order valence-electron chi connectivity index (χ0n) is 10.9. The summed E-state index contributed by atoms with van der Waals surface area (Å²) in [5.74, 6) is -1.07. The van der Waals surface area contributed by atoms with Crippen LogP contribution in [0.25, 0.3) is 0 Å². The molecule has 0 aliphatic rings. The fourth-order valence-electron chi connectivity index (χ4n) is 1.63. The summed E-state index contributed by atoms with van der Waals surface area (Å²) in [5, 5.41) is 8.76. The summed E-state index contributed by atoms with van der Waals surface area (Å²) in [6.45, 7) is 3.28. The third kappa shape index (κ3) is 3.43. The molecule has 0 bridgehead atoms. The second-order valence-corrected chi connectivity index (χ2v) is 4.54.